The van der Waals surface area contributed by atoms with Crippen LogP contribution in [0.4, 0.5) is 24.8 Å². The number of aromatic nitrogens is 2. The maximum atomic E-state index is 12.7. The molecule has 0 saturated carbocycles. The van der Waals surface area contributed by atoms with Crippen LogP contribution in [0.1, 0.15) is 38.9 Å². The molecule has 0 saturated heterocycles. The van der Waals surface area contributed by atoms with Gasteiger partial charge in [-0.05, 0) is 12.8 Å². The standard InChI is InChI=1S/C12H19F3N4/c1-4-6-8(5-2)17-10-7-9(16-3)18-11(19-10)12(13,14)15/h7-8H,4-6H2,1-3H3,(H2,16,17,18,19). The van der Waals surface area contributed by atoms with Gasteiger partial charge in [-0.3, -0.25) is 0 Å². The van der Waals surface area contributed by atoms with Gasteiger partial charge in [0.1, 0.15) is 11.6 Å². The van der Waals surface area contributed by atoms with Crippen molar-refractivity contribution in [2.75, 3.05) is 17.7 Å². The smallest absolute Gasteiger partial charge is 0.373 e. The van der Waals surface area contributed by atoms with Crippen LogP contribution in [0.2, 0.25) is 0 Å². The van der Waals surface area contributed by atoms with Crippen LogP contribution < -0.4 is 10.6 Å². The maximum Gasteiger partial charge on any atom is 0.451 e. The zero-order valence-corrected chi connectivity index (χ0v) is 11.3. The third kappa shape index (κ3) is 4.57. The van der Waals surface area contributed by atoms with E-state index in [1.54, 1.807) is 0 Å². The summed E-state index contributed by atoms with van der Waals surface area (Å²) in [5, 5.41) is 5.64. The fraction of sp³-hybridized carbons (Fsp3) is 0.667. The SMILES string of the molecule is CCCC(CC)Nc1cc(NC)nc(C(F)(F)F)n1. The molecule has 0 spiro atoms. The lowest BCUT2D eigenvalue weighted by Crippen LogP contribution is -2.21. The number of nitrogens with one attached hydrogen (secondary N) is 2. The van der Waals surface area contributed by atoms with Crippen molar-refractivity contribution in [3.63, 3.8) is 0 Å². The third-order valence-electron chi connectivity index (χ3n) is 2.72. The van der Waals surface area contributed by atoms with E-state index in [0.717, 1.165) is 19.3 Å². The van der Waals surface area contributed by atoms with E-state index in [1.165, 1.54) is 13.1 Å². The molecule has 4 nitrogen and oxygen atoms in total. The first kappa shape index (κ1) is 15.5. The van der Waals surface area contributed by atoms with Gasteiger partial charge in [-0.25, -0.2) is 9.97 Å². The molecule has 0 aliphatic rings. The molecule has 108 valence electrons. The predicted molar refractivity (Wildman–Crippen MR) is 69.2 cm³/mol. The van der Waals surface area contributed by atoms with Crippen molar-refractivity contribution in [2.24, 2.45) is 0 Å². The number of hydrogen-bond acceptors (Lipinski definition) is 4. The Balaban J connectivity index is 3.00. The molecule has 1 unspecified atom stereocenters. The summed E-state index contributed by atoms with van der Waals surface area (Å²) in [6.45, 7) is 4.02. The van der Waals surface area contributed by atoms with Crippen molar-refractivity contribution >= 4 is 11.6 Å². The van der Waals surface area contributed by atoms with Crippen LogP contribution in [0, 0.1) is 0 Å². The van der Waals surface area contributed by atoms with E-state index in [9.17, 15) is 13.2 Å². The summed E-state index contributed by atoms with van der Waals surface area (Å²) < 4.78 is 38.0. The lowest BCUT2D eigenvalue weighted by atomic mass is 10.1. The minimum absolute atomic E-state index is 0.116. The van der Waals surface area contributed by atoms with Gasteiger partial charge in [0.15, 0.2) is 0 Å². The summed E-state index contributed by atoms with van der Waals surface area (Å²) in [7, 11) is 1.52. The Morgan fingerprint density at radius 3 is 2.32 bits per heavy atom. The van der Waals surface area contributed by atoms with Crippen molar-refractivity contribution in [2.45, 2.75) is 45.3 Å². The van der Waals surface area contributed by atoms with Crippen molar-refractivity contribution < 1.29 is 13.2 Å². The van der Waals surface area contributed by atoms with Gasteiger partial charge in [0.05, 0.1) is 0 Å². The van der Waals surface area contributed by atoms with Crippen molar-refractivity contribution in [1.29, 1.82) is 0 Å². The predicted octanol–water partition coefficient (Wildman–Crippen LogP) is 3.53. The van der Waals surface area contributed by atoms with Crippen LogP contribution in [0.5, 0.6) is 0 Å². The highest BCUT2D eigenvalue weighted by Crippen LogP contribution is 2.28. The molecule has 0 aromatic carbocycles. The average molecular weight is 276 g/mol. The molecule has 1 aromatic rings. The van der Waals surface area contributed by atoms with E-state index in [-0.39, 0.29) is 17.7 Å². The Labute approximate surface area is 110 Å². The molecule has 19 heavy (non-hydrogen) atoms. The van der Waals surface area contributed by atoms with Gasteiger partial charge in [0.25, 0.3) is 0 Å². The van der Waals surface area contributed by atoms with Crippen LogP contribution in [0.15, 0.2) is 6.07 Å². The Bertz CT molecular complexity index is 406. The molecule has 1 atom stereocenters. The molecule has 1 rings (SSSR count). The molecule has 7 heteroatoms. The molecule has 0 fully saturated rings. The summed E-state index contributed by atoms with van der Waals surface area (Å²) in [5.41, 5.74) is 0. The van der Waals surface area contributed by atoms with Crippen molar-refractivity contribution in [3.05, 3.63) is 11.9 Å². The third-order valence-corrected chi connectivity index (χ3v) is 2.72. The van der Waals surface area contributed by atoms with Crippen molar-refractivity contribution in [3.8, 4) is 0 Å². The number of hydrogen-bond donors (Lipinski definition) is 2. The first-order valence-corrected chi connectivity index (χ1v) is 6.31. The number of nitrogens with zero attached hydrogens (tertiary/aromatic N) is 2. The topological polar surface area (TPSA) is 49.8 Å². The lowest BCUT2D eigenvalue weighted by Gasteiger charge is -2.18. The van der Waals surface area contributed by atoms with Gasteiger partial charge in [-0.1, -0.05) is 20.3 Å². The molecule has 2 N–H and O–H groups in total. The van der Waals surface area contributed by atoms with Gasteiger partial charge in [-0.15, -0.1) is 0 Å². The molecule has 0 aliphatic heterocycles. The quantitative estimate of drug-likeness (QED) is 0.834. The molecule has 1 aromatic heterocycles. The fourth-order valence-corrected chi connectivity index (χ4v) is 1.71. The summed E-state index contributed by atoms with van der Waals surface area (Å²) in [6.07, 6.45) is -1.87. The normalized spacial score (nSPS) is 13.2. The Morgan fingerprint density at radius 1 is 1.21 bits per heavy atom. The van der Waals surface area contributed by atoms with E-state index in [0.29, 0.717) is 0 Å². The summed E-state index contributed by atoms with van der Waals surface area (Å²) in [4.78, 5) is 6.95. The first-order valence-electron chi connectivity index (χ1n) is 6.31. The van der Waals surface area contributed by atoms with Gasteiger partial charge in [0.2, 0.25) is 5.82 Å². The largest absolute Gasteiger partial charge is 0.451 e. The second kappa shape index (κ2) is 6.58. The van der Waals surface area contributed by atoms with Gasteiger partial charge >= 0.3 is 6.18 Å². The minimum atomic E-state index is -4.55. The lowest BCUT2D eigenvalue weighted by molar-refractivity contribution is -0.144. The average Bonchev–Trinajstić information content (AvgIpc) is 2.36. The summed E-state index contributed by atoms with van der Waals surface area (Å²) in [6, 6.07) is 1.60. The monoisotopic (exact) mass is 276 g/mol. The number of rotatable bonds is 6. The van der Waals surface area contributed by atoms with Crippen LogP contribution in [-0.4, -0.2) is 23.1 Å². The van der Waals surface area contributed by atoms with Gasteiger partial charge in [-0.2, -0.15) is 13.2 Å². The fourth-order valence-electron chi connectivity index (χ4n) is 1.71. The van der Waals surface area contributed by atoms with Crippen molar-refractivity contribution in [1.82, 2.24) is 9.97 Å². The molecule has 0 amide bonds. The van der Waals surface area contributed by atoms with E-state index < -0.39 is 12.0 Å². The highest BCUT2D eigenvalue weighted by molar-refractivity contribution is 5.48. The van der Waals surface area contributed by atoms with Gasteiger partial charge < -0.3 is 10.6 Å². The van der Waals surface area contributed by atoms with Crippen LogP contribution >= 0.6 is 0 Å². The van der Waals surface area contributed by atoms with E-state index in [1.807, 2.05) is 13.8 Å². The van der Waals surface area contributed by atoms with Crippen LogP contribution in [0.25, 0.3) is 0 Å². The molecule has 1 heterocycles. The first-order chi connectivity index (χ1) is 8.90. The number of halogens is 3. The molecule has 0 radical (unpaired) electrons. The minimum Gasteiger partial charge on any atom is -0.373 e. The summed E-state index contributed by atoms with van der Waals surface area (Å²) >= 11 is 0. The van der Waals surface area contributed by atoms with Gasteiger partial charge in [0, 0.05) is 19.2 Å². The zero-order chi connectivity index (χ0) is 14.5. The Kier molecular flexibility index (Phi) is 5.38. The second-order valence-electron chi connectivity index (χ2n) is 4.25. The number of anilines is 2. The second-order valence-corrected chi connectivity index (χ2v) is 4.25. The molecular formula is C12H19F3N4. The summed E-state index contributed by atoms with van der Waals surface area (Å²) in [5.74, 6) is -0.781. The van der Waals surface area contributed by atoms with E-state index in [2.05, 4.69) is 20.6 Å². The molecule has 0 bridgehead atoms. The molecular weight excluding hydrogens is 257 g/mol. The maximum absolute atomic E-state index is 12.7. The Morgan fingerprint density at radius 2 is 1.84 bits per heavy atom. The molecule has 0 aliphatic carbocycles. The van der Waals surface area contributed by atoms with E-state index >= 15 is 0 Å². The zero-order valence-electron chi connectivity index (χ0n) is 11.3. The highest BCUT2D eigenvalue weighted by atomic mass is 19.4. The van der Waals surface area contributed by atoms with Crippen LogP contribution in [-0.2, 0) is 6.18 Å². The highest BCUT2D eigenvalue weighted by Gasteiger charge is 2.35. The number of alkyl halides is 3. The Hall–Kier alpha value is -1.53. The van der Waals surface area contributed by atoms with E-state index in [4.69, 9.17) is 0 Å². The van der Waals surface area contributed by atoms with Crippen LogP contribution in [0.3, 0.4) is 0 Å².